The molecule has 0 spiro atoms. The van der Waals surface area contributed by atoms with Crippen LogP contribution in [0, 0.1) is 6.57 Å². The topological polar surface area (TPSA) is 17.2 Å². The Morgan fingerprint density at radius 1 is 1.60 bits per heavy atom. The van der Waals surface area contributed by atoms with Crippen LogP contribution in [0.25, 0.3) is 4.85 Å². The number of rotatable bonds is 1. The van der Waals surface area contributed by atoms with Gasteiger partial charge in [0.15, 0.2) is 0 Å². The average Bonchev–Trinajstić information content (AvgIpc) is 1.88. The minimum absolute atomic E-state index is 0.361. The van der Waals surface area contributed by atoms with Crippen molar-refractivity contribution in [3.05, 3.63) is 39.9 Å². The molecule has 0 aromatic carbocycles. The Morgan fingerprint density at radius 3 is 3.00 bits per heavy atom. The van der Waals surface area contributed by atoms with E-state index in [1.807, 2.05) is 18.2 Å². The molecule has 1 aromatic rings. The highest BCUT2D eigenvalue weighted by molar-refractivity contribution is 9.10. The maximum Gasteiger partial charge on any atom is 0.256 e. The fourth-order valence-corrected chi connectivity index (χ4v) is 1.000. The molecular formula is C7H5BrN2. The standard InChI is InChI=1S/C7H5BrN2/c1-9-5-6-3-2-4-7(8)10-6/h2-4H,5H2. The molecule has 0 N–H and O–H groups in total. The van der Waals surface area contributed by atoms with E-state index in [0.29, 0.717) is 6.54 Å². The Balaban J connectivity index is 2.87. The van der Waals surface area contributed by atoms with Gasteiger partial charge in [-0.05, 0) is 28.1 Å². The third-order valence-corrected chi connectivity index (χ3v) is 1.46. The molecular weight excluding hydrogens is 192 g/mol. The molecule has 0 amide bonds. The molecule has 10 heavy (non-hydrogen) atoms. The lowest BCUT2D eigenvalue weighted by Crippen LogP contribution is -1.84. The van der Waals surface area contributed by atoms with E-state index in [0.717, 1.165) is 10.3 Å². The van der Waals surface area contributed by atoms with Crippen molar-refractivity contribution in [1.82, 2.24) is 4.98 Å². The molecule has 1 heterocycles. The summed E-state index contributed by atoms with van der Waals surface area (Å²) in [4.78, 5) is 7.28. The summed E-state index contributed by atoms with van der Waals surface area (Å²) < 4.78 is 0.786. The first-order valence-corrected chi connectivity index (χ1v) is 3.57. The van der Waals surface area contributed by atoms with Crippen LogP contribution in [0.2, 0.25) is 0 Å². The van der Waals surface area contributed by atoms with Gasteiger partial charge in [-0.2, -0.15) is 0 Å². The van der Waals surface area contributed by atoms with Gasteiger partial charge in [0.1, 0.15) is 10.3 Å². The number of hydrogen-bond donors (Lipinski definition) is 0. The number of aromatic nitrogens is 1. The van der Waals surface area contributed by atoms with E-state index < -0.39 is 0 Å². The summed E-state index contributed by atoms with van der Waals surface area (Å²) in [6, 6.07) is 5.55. The van der Waals surface area contributed by atoms with Gasteiger partial charge in [-0.3, -0.25) is 0 Å². The largest absolute Gasteiger partial charge is 0.310 e. The minimum Gasteiger partial charge on any atom is -0.310 e. The second-order valence-corrected chi connectivity index (χ2v) is 2.58. The van der Waals surface area contributed by atoms with Crippen LogP contribution in [0.15, 0.2) is 22.8 Å². The van der Waals surface area contributed by atoms with Crippen molar-refractivity contribution in [3.63, 3.8) is 0 Å². The molecule has 50 valence electrons. The summed E-state index contributed by atoms with van der Waals surface area (Å²) >= 11 is 3.22. The van der Waals surface area contributed by atoms with Crippen LogP contribution in [-0.2, 0) is 6.54 Å². The first-order chi connectivity index (χ1) is 4.83. The lowest BCUT2D eigenvalue weighted by molar-refractivity contribution is 1.09. The predicted molar refractivity (Wildman–Crippen MR) is 42.2 cm³/mol. The van der Waals surface area contributed by atoms with Crippen LogP contribution in [0.1, 0.15) is 5.69 Å². The molecule has 1 rings (SSSR count). The second kappa shape index (κ2) is 3.33. The van der Waals surface area contributed by atoms with Gasteiger partial charge in [-0.15, -0.1) is 0 Å². The fraction of sp³-hybridized carbons (Fsp3) is 0.143. The molecule has 0 radical (unpaired) electrons. The summed E-state index contributed by atoms with van der Waals surface area (Å²) in [5, 5.41) is 0. The number of nitrogens with zero attached hydrogens (tertiary/aromatic N) is 2. The molecule has 0 aliphatic rings. The summed E-state index contributed by atoms with van der Waals surface area (Å²) in [7, 11) is 0. The van der Waals surface area contributed by atoms with Gasteiger partial charge >= 0.3 is 0 Å². The Bertz CT molecular complexity index is 265. The predicted octanol–water partition coefficient (Wildman–Crippen LogP) is 2.26. The summed E-state index contributed by atoms with van der Waals surface area (Å²) in [6.45, 7) is 6.94. The zero-order valence-corrected chi connectivity index (χ0v) is 6.80. The number of hydrogen-bond acceptors (Lipinski definition) is 1. The lowest BCUT2D eigenvalue weighted by Gasteiger charge is -1.90. The molecule has 0 saturated carbocycles. The van der Waals surface area contributed by atoms with Crippen molar-refractivity contribution in [2.75, 3.05) is 0 Å². The Labute approximate surface area is 67.9 Å². The van der Waals surface area contributed by atoms with Crippen molar-refractivity contribution in [1.29, 1.82) is 0 Å². The van der Waals surface area contributed by atoms with Crippen molar-refractivity contribution < 1.29 is 0 Å². The third-order valence-electron chi connectivity index (χ3n) is 1.01. The smallest absolute Gasteiger partial charge is 0.256 e. The Hall–Kier alpha value is -0.880. The van der Waals surface area contributed by atoms with E-state index in [1.165, 1.54) is 0 Å². The lowest BCUT2D eigenvalue weighted by atomic mass is 10.4. The van der Waals surface area contributed by atoms with Crippen LogP contribution in [0.5, 0.6) is 0 Å². The first-order valence-electron chi connectivity index (χ1n) is 2.77. The van der Waals surface area contributed by atoms with E-state index in [4.69, 9.17) is 6.57 Å². The Morgan fingerprint density at radius 2 is 2.40 bits per heavy atom. The highest BCUT2D eigenvalue weighted by Crippen LogP contribution is 2.06. The zero-order valence-electron chi connectivity index (χ0n) is 5.21. The molecule has 2 nitrogen and oxygen atoms in total. The molecule has 0 aliphatic carbocycles. The average molecular weight is 197 g/mol. The highest BCUT2D eigenvalue weighted by atomic mass is 79.9. The summed E-state index contributed by atoms with van der Waals surface area (Å²) in [5.41, 5.74) is 0.810. The van der Waals surface area contributed by atoms with E-state index >= 15 is 0 Å². The second-order valence-electron chi connectivity index (χ2n) is 1.77. The van der Waals surface area contributed by atoms with E-state index in [1.54, 1.807) is 0 Å². The molecule has 0 saturated heterocycles. The molecule has 0 bridgehead atoms. The van der Waals surface area contributed by atoms with Gasteiger partial charge in [-0.1, -0.05) is 6.07 Å². The van der Waals surface area contributed by atoms with Gasteiger partial charge in [0.05, 0.1) is 0 Å². The quantitative estimate of drug-likeness (QED) is 0.498. The molecule has 0 atom stereocenters. The van der Waals surface area contributed by atoms with Crippen molar-refractivity contribution in [2.24, 2.45) is 0 Å². The van der Waals surface area contributed by atoms with Gasteiger partial charge in [0, 0.05) is 0 Å². The zero-order chi connectivity index (χ0) is 7.40. The molecule has 0 fully saturated rings. The molecule has 0 unspecified atom stereocenters. The summed E-state index contributed by atoms with van der Waals surface area (Å²) in [6.07, 6.45) is 0. The monoisotopic (exact) mass is 196 g/mol. The molecule has 1 aromatic heterocycles. The number of halogens is 1. The maximum absolute atomic E-state index is 6.58. The van der Waals surface area contributed by atoms with Crippen LogP contribution in [0.3, 0.4) is 0 Å². The maximum atomic E-state index is 6.58. The fourth-order valence-electron chi connectivity index (χ4n) is 0.619. The van der Waals surface area contributed by atoms with Crippen LogP contribution in [-0.4, -0.2) is 4.98 Å². The van der Waals surface area contributed by atoms with Gasteiger partial charge in [-0.25, -0.2) is 11.6 Å². The molecule has 3 heteroatoms. The first kappa shape index (κ1) is 7.23. The van der Waals surface area contributed by atoms with Gasteiger partial charge in [0.2, 0.25) is 0 Å². The van der Waals surface area contributed by atoms with Crippen molar-refractivity contribution in [3.8, 4) is 0 Å². The molecule has 0 aliphatic heterocycles. The third kappa shape index (κ3) is 1.82. The van der Waals surface area contributed by atoms with Crippen molar-refractivity contribution >= 4 is 15.9 Å². The van der Waals surface area contributed by atoms with Gasteiger partial charge < -0.3 is 4.85 Å². The van der Waals surface area contributed by atoms with Crippen LogP contribution in [0.4, 0.5) is 0 Å². The van der Waals surface area contributed by atoms with E-state index in [-0.39, 0.29) is 0 Å². The van der Waals surface area contributed by atoms with Crippen LogP contribution >= 0.6 is 15.9 Å². The highest BCUT2D eigenvalue weighted by Gasteiger charge is 1.94. The SMILES string of the molecule is [C-]#[N+]Cc1cccc(Br)n1. The van der Waals surface area contributed by atoms with Crippen molar-refractivity contribution in [2.45, 2.75) is 6.54 Å². The van der Waals surface area contributed by atoms with Crippen LogP contribution < -0.4 is 0 Å². The summed E-state index contributed by atoms with van der Waals surface area (Å²) in [5.74, 6) is 0. The minimum atomic E-state index is 0.361. The van der Waals surface area contributed by atoms with E-state index in [2.05, 4.69) is 25.8 Å². The number of pyridine rings is 1. The van der Waals surface area contributed by atoms with E-state index in [9.17, 15) is 0 Å². The normalized spacial score (nSPS) is 8.80. The van der Waals surface area contributed by atoms with Gasteiger partial charge in [0.25, 0.3) is 6.54 Å². The Kier molecular flexibility index (Phi) is 2.41.